The van der Waals surface area contributed by atoms with Crippen LogP contribution in [0.2, 0.25) is 5.02 Å². The van der Waals surface area contributed by atoms with Crippen molar-refractivity contribution in [1.82, 2.24) is 10.3 Å². The monoisotopic (exact) mass is 248 g/mol. The minimum Gasteiger partial charge on any atom is -0.367 e. The van der Waals surface area contributed by atoms with E-state index in [-0.39, 0.29) is 5.91 Å². The second kappa shape index (κ2) is 5.55. The topological polar surface area (TPSA) is 44.9 Å². The zero-order valence-corrected chi connectivity index (χ0v) is 10.00. The first-order valence-electron chi connectivity index (χ1n) is 5.37. The van der Waals surface area contributed by atoms with E-state index in [1.165, 1.54) is 0 Å². The van der Waals surface area contributed by atoms with Gasteiger partial charge in [-0.15, -0.1) is 0 Å². The van der Waals surface area contributed by atoms with Gasteiger partial charge < -0.3 is 10.3 Å². The first kappa shape index (κ1) is 11.7. The maximum atomic E-state index is 11.7. The summed E-state index contributed by atoms with van der Waals surface area (Å²) in [5, 5.41) is 3.47. The highest BCUT2D eigenvalue weighted by molar-refractivity contribution is 6.31. The van der Waals surface area contributed by atoms with E-state index in [2.05, 4.69) is 10.3 Å². The van der Waals surface area contributed by atoms with E-state index in [0.29, 0.717) is 18.0 Å². The molecule has 1 amide bonds. The van der Waals surface area contributed by atoms with Gasteiger partial charge in [0.25, 0.3) is 0 Å². The molecule has 88 valence electrons. The summed E-state index contributed by atoms with van der Waals surface area (Å²) in [7, 11) is 0. The van der Waals surface area contributed by atoms with Crippen LogP contribution in [0.4, 0.5) is 0 Å². The Morgan fingerprint density at radius 3 is 2.82 bits per heavy atom. The van der Waals surface area contributed by atoms with Crippen LogP contribution in [-0.4, -0.2) is 10.9 Å². The highest BCUT2D eigenvalue weighted by Gasteiger charge is 2.06. The average molecular weight is 249 g/mol. The molecule has 0 bridgehead atoms. The molecule has 0 atom stereocenters. The van der Waals surface area contributed by atoms with E-state index in [1.807, 2.05) is 36.7 Å². The summed E-state index contributed by atoms with van der Waals surface area (Å²) in [4.78, 5) is 14.6. The number of hydrogen-bond donors (Lipinski definition) is 2. The fraction of sp³-hybridized carbons (Fsp3) is 0.154. The molecule has 1 heterocycles. The van der Waals surface area contributed by atoms with Crippen LogP contribution >= 0.6 is 11.6 Å². The fourth-order valence-corrected chi connectivity index (χ4v) is 1.75. The zero-order valence-electron chi connectivity index (χ0n) is 9.24. The van der Waals surface area contributed by atoms with Crippen molar-refractivity contribution < 1.29 is 4.79 Å². The first-order chi connectivity index (χ1) is 8.25. The third-order valence-electron chi connectivity index (χ3n) is 2.46. The van der Waals surface area contributed by atoms with Gasteiger partial charge >= 0.3 is 0 Å². The summed E-state index contributed by atoms with van der Waals surface area (Å²) in [6, 6.07) is 9.30. The summed E-state index contributed by atoms with van der Waals surface area (Å²) in [5.74, 6) is -0.0284. The molecule has 0 aliphatic carbocycles. The number of aromatic amines is 1. The molecular weight excluding hydrogens is 236 g/mol. The van der Waals surface area contributed by atoms with Gasteiger partial charge in [-0.3, -0.25) is 4.79 Å². The lowest BCUT2D eigenvalue weighted by atomic mass is 10.1. The van der Waals surface area contributed by atoms with Crippen LogP contribution in [0, 0.1) is 0 Å². The van der Waals surface area contributed by atoms with Gasteiger partial charge in [-0.05, 0) is 23.3 Å². The van der Waals surface area contributed by atoms with Crippen LogP contribution < -0.4 is 5.32 Å². The molecule has 0 aliphatic heterocycles. The van der Waals surface area contributed by atoms with Gasteiger partial charge in [0.05, 0.1) is 6.42 Å². The highest BCUT2D eigenvalue weighted by atomic mass is 35.5. The Kier molecular flexibility index (Phi) is 3.83. The molecular formula is C13H13ClN2O. The van der Waals surface area contributed by atoms with Crippen molar-refractivity contribution in [3.05, 3.63) is 58.9 Å². The second-order valence-corrected chi connectivity index (χ2v) is 4.17. The minimum atomic E-state index is -0.0284. The minimum absolute atomic E-state index is 0.0284. The van der Waals surface area contributed by atoms with E-state index in [0.717, 1.165) is 11.1 Å². The summed E-state index contributed by atoms with van der Waals surface area (Å²) >= 11 is 5.98. The van der Waals surface area contributed by atoms with Crippen LogP contribution in [0.1, 0.15) is 11.1 Å². The normalized spacial score (nSPS) is 10.2. The van der Waals surface area contributed by atoms with Crippen molar-refractivity contribution in [2.75, 3.05) is 0 Å². The fourth-order valence-electron chi connectivity index (χ4n) is 1.55. The quantitative estimate of drug-likeness (QED) is 0.858. The lowest BCUT2D eigenvalue weighted by Gasteiger charge is -2.05. The molecule has 0 saturated carbocycles. The smallest absolute Gasteiger partial charge is 0.224 e. The molecule has 0 saturated heterocycles. The molecule has 17 heavy (non-hydrogen) atoms. The van der Waals surface area contributed by atoms with Crippen molar-refractivity contribution in [2.45, 2.75) is 13.0 Å². The van der Waals surface area contributed by atoms with Crippen LogP contribution in [-0.2, 0) is 17.8 Å². The molecule has 0 fully saturated rings. The number of carbonyl (C=O) groups is 1. The van der Waals surface area contributed by atoms with Crippen molar-refractivity contribution in [3.63, 3.8) is 0 Å². The van der Waals surface area contributed by atoms with Gasteiger partial charge in [-0.1, -0.05) is 29.8 Å². The number of H-pyrrole nitrogens is 1. The predicted octanol–water partition coefficient (Wildman–Crippen LogP) is 2.53. The van der Waals surface area contributed by atoms with E-state index in [1.54, 1.807) is 6.07 Å². The summed E-state index contributed by atoms with van der Waals surface area (Å²) in [6.45, 7) is 0.535. The van der Waals surface area contributed by atoms with Crippen molar-refractivity contribution >= 4 is 17.5 Å². The van der Waals surface area contributed by atoms with E-state index < -0.39 is 0 Å². The number of rotatable bonds is 4. The molecule has 1 aromatic carbocycles. The van der Waals surface area contributed by atoms with Crippen molar-refractivity contribution in [3.8, 4) is 0 Å². The molecule has 4 heteroatoms. The molecule has 0 aliphatic rings. The Balaban J connectivity index is 1.87. The number of halogens is 1. The molecule has 1 aromatic heterocycles. The molecule has 2 N–H and O–H groups in total. The van der Waals surface area contributed by atoms with Gasteiger partial charge in [-0.25, -0.2) is 0 Å². The number of benzene rings is 1. The maximum Gasteiger partial charge on any atom is 0.224 e. The van der Waals surface area contributed by atoms with Crippen LogP contribution in [0.15, 0.2) is 42.7 Å². The maximum absolute atomic E-state index is 11.7. The van der Waals surface area contributed by atoms with E-state index in [9.17, 15) is 4.79 Å². The lowest BCUT2D eigenvalue weighted by Crippen LogP contribution is -2.24. The van der Waals surface area contributed by atoms with Gasteiger partial charge in [0, 0.05) is 24.0 Å². The van der Waals surface area contributed by atoms with Gasteiger partial charge in [0.2, 0.25) is 5.91 Å². The second-order valence-electron chi connectivity index (χ2n) is 3.76. The molecule has 0 unspecified atom stereocenters. The van der Waals surface area contributed by atoms with E-state index >= 15 is 0 Å². The first-order valence-corrected chi connectivity index (χ1v) is 5.75. The summed E-state index contributed by atoms with van der Waals surface area (Å²) < 4.78 is 0. The molecule has 3 nitrogen and oxygen atoms in total. The van der Waals surface area contributed by atoms with Crippen LogP contribution in [0.3, 0.4) is 0 Å². The number of amides is 1. The third-order valence-corrected chi connectivity index (χ3v) is 2.83. The van der Waals surface area contributed by atoms with Gasteiger partial charge in [0.15, 0.2) is 0 Å². The molecule has 2 aromatic rings. The summed E-state index contributed by atoms with van der Waals surface area (Å²) in [5.41, 5.74) is 1.90. The van der Waals surface area contributed by atoms with Gasteiger partial charge in [0.1, 0.15) is 0 Å². The molecule has 2 rings (SSSR count). The Hall–Kier alpha value is -1.74. The Labute approximate surface area is 105 Å². The Morgan fingerprint density at radius 2 is 2.12 bits per heavy atom. The molecule has 0 radical (unpaired) electrons. The predicted molar refractivity (Wildman–Crippen MR) is 67.8 cm³/mol. The molecule has 0 spiro atoms. The lowest BCUT2D eigenvalue weighted by molar-refractivity contribution is -0.120. The zero-order chi connectivity index (χ0) is 12.1. The third kappa shape index (κ3) is 3.36. The van der Waals surface area contributed by atoms with Crippen LogP contribution in [0.25, 0.3) is 0 Å². The summed E-state index contributed by atoms with van der Waals surface area (Å²) in [6.07, 6.45) is 4.00. The van der Waals surface area contributed by atoms with E-state index in [4.69, 9.17) is 11.6 Å². The number of aromatic nitrogens is 1. The van der Waals surface area contributed by atoms with Crippen molar-refractivity contribution in [1.29, 1.82) is 0 Å². The Bertz CT molecular complexity index is 494. The standard InChI is InChI=1S/C13H13ClN2O/c14-12-4-2-1-3-11(12)7-13(17)16-9-10-5-6-15-8-10/h1-6,8,15H,7,9H2,(H,16,17). The number of carbonyl (C=O) groups excluding carboxylic acids is 1. The SMILES string of the molecule is O=C(Cc1ccccc1Cl)NCc1cc[nH]c1. The largest absolute Gasteiger partial charge is 0.367 e. The Morgan fingerprint density at radius 1 is 1.29 bits per heavy atom. The highest BCUT2D eigenvalue weighted by Crippen LogP contribution is 2.15. The van der Waals surface area contributed by atoms with Crippen molar-refractivity contribution in [2.24, 2.45) is 0 Å². The number of nitrogens with one attached hydrogen (secondary N) is 2. The van der Waals surface area contributed by atoms with Crippen LogP contribution in [0.5, 0.6) is 0 Å². The average Bonchev–Trinajstić information content (AvgIpc) is 2.82. The van der Waals surface area contributed by atoms with Gasteiger partial charge in [-0.2, -0.15) is 0 Å². The number of hydrogen-bond acceptors (Lipinski definition) is 1.